The van der Waals surface area contributed by atoms with Crippen molar-refractivity contribution in [1.29, 1.82) is 0 Å². The minimum atomic E-state index is -0.526. The molecule has 0 saturated carbocycles. The van der Waals surface area contributed by atoms with Gasteiger partial charge in [0.2, 0.25) is 6.04 Å². The highest BCUT2D eigenvalue weighted by molar-refractivity contribution is 5.96. The van der Waals surface area contributed by atoms with Gasteiger partial charge in [0.15, 0.2) is 12.4 Å². The molecule has 2 aromatic carbocycles. The number of anilines is 1. The summed E-state index contributed by atoms with van der Waals surface area (Å²) in [5.74, 6) is -0.707. The van der Waals surface area contributed by atoms with Gasteiger partial charge in [-0.05, 0) is 17.7 Å². The molecular formula is C21H20N3O2+. The second kappa shape index (κ2) is 7.61. The molecule has 0 fully saturated rings. The number of carbonyl (C=O) groups excluding carboxylic acids is 2. The van der Waals surface area contributed by atoms with Crippen LogP contribution in [0.2, 0.25) is 0 Å². The molecule has 3 rings (SSSR count). The van der Waals surface area contributed by atoms with E-state index < -0.39 is 11.9 Å². The van der Waals surface area contributed by atoms with Crippen molar-refractivity contribution >= 4 is 17.5 Å². The number of nitrogens with one attached hydrogen (secondary N) is 1. The minimum Gasteiger partial charge on any atom is -0.365 e. The summed E-state index contributed by atoms with van der Waals surface area (Å²) in [6.07, 6.45) is 3.31. The van der Waals surface area contributed by atoms with Crippen LogP contribution >= 0.6 is 0 Å². The molecule has 0 aliphatic heterocycles. The van der Waals surface area contributed by atoms with Gasteiger partial charge in [0.1, 0.15) is 5.56 Å². The number of para-hydroxylation sites is 1. The van der Waals surface area contributed by atoms with E-state index in [1.165, 1.54) is 0 Å². The van der Waals surface area contributed by atoms with Gasteiger partial charge in [0.25, 0.3) is 11.8 Å². The van der Waals surface area contributed by atoms with Gasteiger partial charge in [-0.25, -0.2) is 0 Å². The van der Waals surface area contributed by atoms with Gasteiger partial charge in [-0.3, -0.25) is 9.59 Å². The third kappa shape index (κ3) is 3.78. The third-order valence-corrected chi connectivity index (χ3v) is 4.20. The van der Waals surface area contributed by atoms with Crippen LogP contribution in [0.1, 0.15) is 23.3 Å². The molecule has 1 aromatic heterocycles. The molecular weight excluding hydrogens is 326 g/mol. The van der Waals surface area contributed by atoms with Crippen LogP contribution in [-0.2, 0) is 4.79 Å². The van der Waals surface area contributed by atoms with Gasteiger partial charge in [-0.15, -0.1) is 0 Å². The topological polar surface area (TPSA) is 76.1 Å². The Labute approximate surface area is 152 Å². The lowest BCUT2D eigenvalue weighted by Gasteiger charge is -2.13. The summed E-state index contributed by atoms with van der Waals surface area (Å²) in [7, 11) is 0. The minimum absolute atomic E-state index is 0.181. The Hall–Kier alpha value is -3.47. The van der Waals surface area contributed by atoms with Crippen molar-refractivity contribution in [2.75, 3.05) is 5.32 Å². The third-order valence-electron chi connectivity index (χ3n) is 4.20. The summed E-state index contributed by atoms with van der Waals surface area (Å²) in [5, 5.41) is 2.98. The molecule has 1 heterocycles. The number of nitrogens with two attached hydrogens (primary N) is 1. The van der Waals surface area contributed by atoms with Crippen molar-refractivity contribution in [3.05, 3.63) is 84.7 Å². The number of amides is 2. The Morgan fingerprint density at radius 2 is 1.65 bits per heavy atom. The van der Waals surface area contributed by atoms with Crippen LogP contribution in [0.25, 0.3) is 11.1 Å². The van der Waals surface area contributed by atoms with Gasteiger partial charge in [-0.2, -0.15) is 4.57 Å². The van der Waals surface area contributed by atoms with E-state index >= 15 is 0 Å². The normalized spacial score (nSPS) is 11.6. The second-order valence-corrected chi connectivity index (χ2v) is 5.98. The van der Waals surface area contributed by atoms with E-state index in [-0.39, 0.29) is 5.91 Å². The molecule has 2 amide bonds. The number of pyridine rings is 1. The number of primary amides is 1. The maximum Gasteiger partial charge on any atom is 0.293 e. The fourth-order valence-corrected chi connectivity index (χ4v) is 2.71. The zero-order valence-corrected chi connectivity index (χ0v) is 14.4. The summed E-state index contributed by atoms with van der Waals surface area (Å²) in [6.45, 7) is 1.77. The van der Waals surface area contributed by atoms with E-state index in [1.807, 2.05) is 54.6 Å². The number of rotatable bonds is 5. The van der Waals surface area contributed by atoms with Gasteiger partial charge >= 0.3 is 0 Å². The van der Waals surface area contributed by atoms with Crippen molar-refractivity contribution in [3.63, 3.8) is 0 Å². The molecule has 0 unspecified atom stereocenters. The first-order valence-corrected chi connectivity index (χ1v) is 8.32. The highest BCUT2D eigenvalue weighted by Gasteiger charge is 2.23. The lowest BCUT2D eigenvalue weighted by Crippen LogP contribution is -2.44. The van der Waals surface area contributed by atoms with Crippen molar-refractivity contribution in [1.82, 2.24) is 0 Å². The highest BCUT2D eigenvalue weighted by Crippen LogP contribution is 2.27. The van der Waals surface area contributed by atoms with Crippen molar-refractivity contribution in [2.24, 2.45) is 5.73 Å². The number of nitrogens with zero attached hydrogens (tertiary/aromatic N) is 1. The predicted molar refractivity (Wildman–Crippen MR) is 100 cm³/mol. The first-order chi connectivity index (χ1) is 12.6. The Morgan fingerprint density at radius 1 is 0.962 bits per heavy atom. The molecule has 5 heteroatoms. The Morgan fingerprint density at radius 3 is 2.38 bits per heavy atom. The van der Waals surface area contributed by atoms with Crippen LogP contribution < -0.4 is 15.6 Å². The van der Waals surface area contributed by atoms with Crippen LogP contribution in [-0.4, -0.2) is 11.8 Å². The predicted octanol–water partition coefficient (Wildman–Crippen LogP) is 2.94. The average molecular weight is 346 g/mol. The number of hydrogen-bond donors (Lipinski definition) is 2. The van der Waals surface area contributed by atoms with Crippen LogP contribution in [0, 0.1) is 0 Å². The smallest absolute Gasteiger partial charge is 0.293 e. The number of carbonyl (C=O) groups is 2. The van der Waals surface area contributed by atoms with Gasteiger partial charge in [0.05, 0.1) is 0 Å². The number of benzene rings is 2. The van der Waals surface area contributed by atoms with E-state index in [1.54, 1.807) is 36.0 Å². The molecule has 0 saturated heterocycles. The van der Waals surface area contributed by atoms with Crippen molar-refractivity contribution < 1.29 is 14.2 Å². The molecule has 0 aliphatic rings. The maximum atomic E-state index is 12.7. The molecule has 26 heavy (non-hydrogen) atoms. The van der Waals surface area contributed by atoms with Crippen LogP contribution in [0.3, 0.4) is 0 Å². The fourth-order valence-electron chi connectivity index (χ4n) is 2.71. The average Bonchev–Trinajstić information content (AvgIpc) is 2.68. The summed E-state index contributed by atoms with van der Waals surface area (Å²) >= 11 is 0. The van der Waals surface area contributed by atoms with E-state index in [2.05, 4.69) is 5.32 Å². The summed E-state index contributed by atoms with van der Waals surface area (Å²) in [5.41, 5.74) is 8.39. The number of hydrogen-bond acceptors (Lipinski definition) is 2. The lowest BCUT2D eigenvalue weighted by molar-refractivity contribution is -0.705. The highest BCUT2D eigenvalue weighted by atomic mass is 16.2. The largest absolute Gasteiger partial charge is 0.365 e. The SMILES string of the molecule is C[C@H](C(=O)Nc1ccccc1-c1ccccc1)[n+]1cccc(C(N)=O)c1. The monoisotopic (exact) mass is 346 g/mol. The molecule has 0 bridgehead atoms. The van der Waals surface area contributed by atoms with E-state index in [0.29, 0.717) is 5.56 Å². The Balaban J connectivity index is 1.85. The Kier molecular flexibility index (Phi) is 5.08. The zero-order chi connectivity index (χ0) is 18.5. The first kappa shape index (κ1) is 17.4. The first-order valence-electron chi connectivity index (χ1n) is 8.32. The van der Waals surface area contributed by atoms with Gasteiger partial charge in [0, 0.05) is 24.2 Å². The van der Waals surface area contributed by atoms with E-state index in [4.69, 9.17) is 5.73 Å². The van der Waals surface area contributed by atoms with Crippen molar-refractivity contribution in [3.8, 4) is 11.1 Å². The molecule has 0 radical (unpaired) electrons. The summed E-state index contributed by atoms with van der Waals surface area (Å²) in [4.78, 5) is 24.1. The van der Waals surface area contributed by atoms with E-state index in [9.17, 15) is 9.59 Å². The van der Waals surface area contributed by atoms with E-state index in [0.717, 1.165) is 16.8 Å². The lowest BCUT2D eigenvalue weighted by atomic mass is 10.0. The summed E-state index contributed by atoms with van der Waals surface area (Å²) < 4.78 is 1.67. The molecule has 1 atom stereocenters. The molecule has 3 N–H and O–H groups in total. The molecule has 0 aliphatic carbocycles. The second-order valence-electron chi connectivity index (χ2n) is 5.98. The van der Waals surface area contributed by atoms with Crippen LogP contribution in [0.5, 0.6) is 0 Å². The molecule has 130 valence electrons. The molecule has 5 nitrogen and oxygen atoms in total. The zero-order valence-electron chi connectivity index (χ0n) is 14.4. The summed E-state index contributed by atoms with van der Waals surface area (Å²) in [6, 6.07) is 20.3. The van der Waals surface area contributed by atoms with Crippen LogP contribution in [0.15, 0.2) is 79.1 Å². The van der Waals surface area contributed by atoms with Crippen LogP contribution in [0.4, 0.5) is 5.69 Å². The van der Waals surface area contributed by atoms with Crippen molar-refractivity contribution in [2.45, 2.75) is 13.0 Å². The fraction of sp³-hybridized carbons (Fsp3) is 0.0952. The molecule has 3 aromatic rings. The number of aromatic nitrogens is 1. The molecule has 0 spiro atoms. The van der Waals surface area contributed by atoms with Gasteiger partial charge in [-0.1, -0.05) is 48.5 Å². The maximum absolute atomic E-state index is 12.7. The Bertz CT molecular complexity index is 939. The quantitative estimate of drug-likeness (QED) is 0.697. The van der Waals surface area contributed by atoms with Gasteiger partial charge < -0.3 is 11.1 Å². The standard InChI is InChI=1S/C21H19N3O2/c1-15(24-13-7-10-17(14-24)20(22)25)21(26)23-19-12-6-5-11-18(19)16-8-3-2-4-9-16/h2-15H,1H3,(H2-,22,23,25,26)/p+1/t15-/m1/s1.